The molecule has 0 aliphatic heterocycles. The number of benzene rings is 1. The van der Waals surface area contributed by atoms with Gasteiger partial charge in [-0.1, -0.05) is 12.1 Å². The predicted octanol–water partition coefficient (Wildman–Crippen LogP) is 2.40. The third kappa shape index (κ3) is 4.32. The van der Waals surface area contributed by atoms with Crippen LogP contribution in [-0.4, -0.2) is 28.0 Å². The molecule has 0 saturated carbocycles. The van der Waals surface area contributed by atoms with Crippen molar-refractivity contribution in [1.29, 1.82) is 0 Å². The zero-order chi connectivity index (χ0) is 16.2. The first kappa shape index (κ1) is 16.5. The lowest BCUT2D eigenvalue weighted by molar-refractivity contribution is -0.137. The molecule has 7 heteroatoms. The molecule has 0 unspecified atom stereocenters. The Kier molecular flexibility index (Phi) is 4.87. The maximum Gasteiger partial charge on any atom is 0.416 e. The average molecular weight is 313 g/mol. The number of nitrogens with one attached hydrogen (secondary N) is 1. The van der Waals surface area contributed by atoms with Gasteiger partial charge in [-0.2, -0.15) is 18.3 Å². The molecule has 2 aromatic rings. The fourth-order valence-electron chi connectivity index (χ4n) is 2.09. The van der Waals surface area contributed by atoms with Crippen molar-refractivity contribution in [3.63, 3.8) is 0 Å². The molecule has 0 spiro atoms. The molecule has 0 aliphatic carbocycles. The molecule has 22 heavy (non-hydrogen) atoms. The number of rotatable bonds is 6. The molecule has 1 aromatic carbocycles. The quantitative estimate of drug-likeness (QED) is 0.805. The zero-order valence-electron chi connectivity index (χ0n) is 12.1. The largest absolute Gasteiger partial charge is 0.416 e. The standard InChI is InChI=1S/C15H18F3N3O/c1-14(22,11-19-7-9-21-8-3-6-20-21)12-4-2-5-13(10-12)15(16,17)18/h2-6,8,10,19,22H,7,9,11H2,1H3/t14-/m1/s1. The zero-order valence-corrected chi connectivity index (χ0v) is 12.1. The highest BCUT2D eigenvalue weighted by Crippen LogP contribution is 2.31. The van der Waals surface area contributed by atoms with E-state index in [4.69, 9.17) is 0 Å². The molecule has 0 radical (unpaired) electrons. The average Bonchev–Trinajstić information content (AvgIpc) is 2.96. The summed E-state index contributed by atoms with van der Waals surface area (Å²) in [5.41, 5.74) is -1.92. The molecule has 0 amide bonds. The van der Waals surface area contributed by atoms with E-state index in [1.807, 2.05) is 6.20 Å². The first-order valence-corrected chi connectivity index (χ1v) is 6.87. The Morgan fingerprint density at radius 1 is 1.23 bits per heavy atom. The van der Waals surface area contributed by atoms with Crippen LogP contribution in [0.2, 0.25) is 0 Å². The van der Waals surface area contributed by atoms with Crippen LogP contribution < -0.4 is 5.32 Å². The third-order valence-electron chi connectivity index (χ3n) is 3.36. The number of aromatic nitrogens is 2. The van der Waals surface area contributed by atoms with Crippen molar-refractivity contribution in [2.75, 3.05) is 13.1 Å². The summed E-state index contributed by atoms with van der Waals surface area (Å²) >= 11 is 0. The van der Waals surface area contributed by atoms with Crippen molar-refractivity contribution in [1.82, 2.24) is 15.1 Å². The lowest BCUT2D eigenvalue weighted by Crippen LogP contribution is -2.37. The van der Waals surface area contributed by atoms with Gasteiger partial charge in [-0.3, -0.25) is 4.68 Å². The van der Waals surface area contributed by atoms with Gasteiger partial charge in [0.05, 0.1) is 17.7 Å². The van der Waals surface area contributed by atoms with Gasteiger partial charge in [0, 0.05) is 25.5 Å². The van der Waals surface area contributed by atoms with Crippen molar-refractivity contribution in [3.05, 3.63) is 53.9 Å². The second-order valence-electron chi connectivity index (χ2n) is 5.30. The smallest absolute Gasteiger partial charge is 0.384 e. The fraction of sp³-hybridized carbons (Fsp3) is 0.400. The van der Waals surface area contributed by atoms with E-state index in [-0.39, 0.29) is 12.1 Å². The summed E-state index contributed by atoms with van der Waals surface area (Å²) in [6, 6.07) is 6.57. The molecule has 0 aliphatic rings. The Morgan fingerprint density at radius 2 is 1.95 bits per heavy atom. The molecule has 2 rings (SSSR count). The molecule has 2 N–H and O–H groups in total. The fourth-order valence-corrected chi connectivity index (χ4v) is 2.09. The van der Waals surface area contributed by atoms with Gasteiger partial charge in [-0.25, -0.2) is 0 Å². The Morgan fingerprint density at radius 3 is 2.59 bits per heavy atom. The summed E-state index contributed by atoms with van der Waals surface area (Å²) in [7, 11) is 0. The van der Waals surface area contributed by atoms with Crippen LogP contribution >= 0.6 is 0 Å². The summed E-state index contributed by atoms with van der Waals surface area (Å²) in [6.45, 7) is 2.81. The number of hydrogen-bond acceptors (Lipinski definition) is 3. The van der Waals surface area contributed by atoms with Crippen LogP contribution in [0.25, 0.3) is 0 Å². The minimum Gasteiger partial charge on any atom is -0.384 e. The van der Waals surface area contributed by atoms with Gasteiger partial charge in [0.15, 0.2) is 0 Å². The van der Waals surface area contributed by atoms with Crippen molar-refractivity contribution >= 4 is 0 Å². The van der Waals surface area contributed by atoms with E-state index >= 15 is 0 Å². The normalized spacial score (nSPS) is 14.8. The van der Waals surface area contributed by atoms with Crippen LogP contribution in [0.5, 0.6) is 0 Å². The monoisotopic (exact) mass is 313 g/mol. The van der Waals surface area contributed by atoms with Crippen LogP contribution in [0.15, 0.2) is 42.7 Å². The molecule has 0 bridgehead atoms. The van der Waals surface area contributed by atoms with Crippen molar-refractivity contribution in [3.8, 4) is 0 Å². The number of nitrogens with zero attached hydrogens (tertiary/aromatic N) is 2. The van der Waals surface area contributed by atoms with Crippen LogP contribution in [0, 0.1) is 0 Å². The van der Waals surface area contributed by atoms with Gasteiger partial charge >= 0.3 is 6.18 Å². The van der Waals surface area contributed by atoms with E-state index in [1.165, 1.54) is 19.1 Å². The van der Waals surface area contributed by atoms with Gasteiger partial charge in [0.1, 0.15) is 0 Å². The Balaban J connectivity index is 1.94. The molecule has 0 fully saturated rings. The lowest BCUT2D eigenvalue weighted by Gasteiger charge is -2.25. The van der Waals surface area contributed by atoms with E-state index in [9.17, 15) is 18.3 Å². The van der Waals surface area contributed by atoms with Crippen LogP contribution in [-0.2, 0) is 18.3 Å². The van der Waals surface area contributed by atoms with E-state index in [1.54, 1.807) is 16.9 Å². The van der Waals surface area contributed by atoms with Gasteiger partial charge in [0.25, 0.3) is 0 Å². The predicted molar refractivity (Wildman–Crippen MR) is 76.1 cm³/mol. The van der Waals surface area contributed by atoms with Crippen molar-refractivity contribution in [2.24, 2.45) is 0 Å². The second-order valence-corrected chi connectivity index (χ2v) is 5.30. The van der Waals surface area contributed by atoms with Crippen LogP contribution in [0.3, 0.4) is 0 Å². The summed E-state index contributed by atoms with van der Waals surface area (Å²) in [6.07, 6.45) is -0.939. The molecule has 1 atom stereocenters. The van der Waals surface area contributed by atoms with E-state index in [2.05, 4.69) is 10.4 Å². The molecule has 120 valence electrons. The Labute approximate surface area is 126 Å². The number of hydrogen-bond donors (Lipinski definition) is 2. The van der Waals surface area contributed by atoms with Gasteiger partial charge in [-0.15, -0.1) is 0 Å². The second kappa shape index (κ2) is 6.50. The Hall–Kier alpha value is -1.86. The third-order valence-corrected chi connectivity index (χ3v) is 3.36. The van der Waals surface area contributed by atoms with E-state index in [0.29, 0.717) is 13.1 Å². The molecular weight excluding hydrogens is 295 g/mol. The van der Waals surface area contributed by atoms with Gasteiger partial charge in [-0.05, 0) is 30.7 Å². The maximum atomic E-state index is 12.7. The lowest BCUT2D eigenvalue weighted by atomic mass is 9.94. The molecule has 1 aromatic heterocycles. The summed E-state index contributed by atoms with van der Waals surface area (Å²) in [5.74, 6) is 0. The van der Waals surface area contributed by atoms with Gasteiger partial charge < -0.3 is 10.4 Å². The van der Waals surface area contributed by atoms with Crippen LogP contribution in [0.4, 0.5) is 13.2 Å². The van der Waals surface area contributed by atoms with Gasteiger partial charge in [0.2, 0.25) is 0 Å². The highest BCUT2D eigenvalue weighted by atomic mass is 19.4. The highest BCUT2D eigenvalue weighted by Gasteiger charge is 2.32. The van der Waals surface area contributed by atoms with E-state index in [0.717, 1.165) is 12.1 Å². The number of aliphatic hydroxyl groups is 1. The number of halogens is 3. The van der Waals surface area contributed by atoms with E-state index < -0.39 is 17.3 Å². The molecule has 0 saturated heterocycles. The Bertz CT molecular complexity index is 594. The first-order valence-electron chi connectivity index (χ1n) is 6.87. The minimum atomic E-state index is -4.42. The van der Waals surface area contributed by atoms with Crippen molar-refractivity contribution in [2.45, 2.75) is 25.2 Å². The molecule has 4 nitrogen and oxygen atoms in total. The topological polar surface area (TPSA) is 50.1 Å². The molecule has 1 heterocycles. The number of alkyl halides is 3. The summed E-state index contributed by atoms with van der Waals surface area (Å²) in [5, 5.41) is 17.4. The van der Waals surface area contributed by atoms with Crippen LogP contribution in [0.1, 0.15) is 18.1 Å². The minimum absolute atomic E-state index is 0.148. The highest BCUT2D eigenvalue weighted by molar-refractivity contribution is 5.29. The SMILES string of the molecule is C[C@@](O)(CNCCn1cccn1)c1cccc(C(F)(F)F)c1. The molecular formula is C15H18F3N3O. The summed E-state index contributed by atoms with van der Waals surface area (Å²) < 4.78 is 39.9. The van der Waals surface area contributed by atoms with Crippen molar-refractivity contribution < 1.29 is 18.3 Å². The maximum absolute atomic E-state index is 12.7. The first-order chi connectivity index (χ1) is 10.3. The summed E-state index contributed by atoms with van der Waals surface area (Å²) in [4.78, 5) is 0.